The zero-order valence-corrected chi connectivity index (χ0v) is 19.2. The largest absolute Gasteiger partial charge is 0.413 e. The Morgan fingerprint density at radius 3 is 2.80 bits per heavy atom. The Morgan fingerprint density at radius 1 is 1.34 bits per heavy atom. The second-order valence-electron chi connectivity index (χ2n) is 9.61. The molecule has 3 aliphatic heterocycles. The fourth-order valence-electron chi connectivity index (χ4n) is 5.16. The van der Waals surface area contributed by atoms with Gasteiger partial charge in [-0.3, -0.25) is 19.1 Å². The standard InChI is InChI=1S/C23H25F3N6O3/c1-13-3-14(8-28-7-13)18(33)10-32-21-29-19(30-9-16-4-17(30)15(6-27)11-35-16)5-20(34)31(21)12-22(32,2)23(24,25)26/h3,5-8,15-17,27H,4,9-12H2,1-2H3/t15?,16-,17?,22-/m0/s1. The molecule has 35 heavy (non-hydrogen) atoms. The Balaban J connectivity index is 1.56. The maximum absolute atomic E-state index is 14.3. The predicted octanol–water partition coefficient (Wildman–Crippen LogP) is 2.21. The van der Waals surface area contributed by atoms with E-state index in [1.54, 1.807) is 19.2 Å². The molecular formula is C23H25F3N6O3. The van der Waals surface area contributed by atoms with Crippen LogP contribution in [0.1, 0.15) is 29.3 Å². The first kappa shape index (κ1) is 23.5. The maximum atomic E-state index is 14.3. The van der Waals surface area contributed by atoms with E-state index in [2.05, 4.69) is 9.97 Å². The summed E-state index contributed by atoms with van der Waals surface area (Å²) >= 11 is 0. The van der Waals surface area contributed by atoms with Crippen LogP contribution in [0.25, 0.3) is 0 Å². The highest BCUT2D eigenvalue weighted by atomic mass is 19.4. The quantitative estimate of drug-likeness (QED) is 0.506. The van der Waals surface area contributed by atoms with Crippen molar-refractivity contribution in [2.45, 2.75) is 50.7 Å². The number of rotatable bonds is 5. The van der Waals surface area contributed by atoms with Crippen molar-refractivity contribution >= 4 is 23.8 Å². The van der Waals surface area contributed by atoms with Crippen molar-refractivity contribution in [1.82, 2.24) is 14.5 Å². The van der Waals surface area contributed by atoms with Crippen LogP contribution in [0.15, 0.2) is 29.3 Å². The number of anilines is 2. The second kappa shape index (κ2) is 8.14. The van der Waals surface area contributed by atoms with E-state index in [-0.39, 0.29) is 35.4 Å². The number of aryl methyl sites for hydroxylation is 1. The molecule has 0 amide bonds. The summed E-state index contributed by atoms with van der Waals surface area (Å²) in [4.78, 5) is 37.2. The Hall–Kier alpha value is -3.28. The van der Waals surface area contributed by atoms with Gasteiger partial charge in [-0.15, -0.1) is 0 Å². The molecule has 2 fully saturated rings. The number of carbonyl (C=O) groups is 1. The van der Waals surface area contributed by atoms with E-state index >= 15 is 0 Å². The van der Waals surface area contributed by atoms with E-state index in [1.165, 1.54) is 18.5 Å². The fourth-order valence-corrected chi connectivity index (χ4v) is 5.16. The van der Waals surface area contributed by atoms with Gasteiger partial charge in [-0.25, -0.2) is 0 Å². The first-order valence-corrected chi connectivity index (χ1v) is 11.3. The molecule has 186 valence electrons. The van der Waals surface area contributed by atoms with Gasteiger partial charge in [0.05, 0.1) is 25.8 Å². The van der Waals surface area contributed by atoms with Crippen molar-refractivity contribution in [3.8, 4) is 0 Å². The number of Topliss-reactive ketones (excluding diaryl/α,β-unsaturated/α-hetero) is 1. The number of ether oxygens (including phenoxy) is 1. The van der Waals surface area contributed by atoms with Gasteiger partial charge in [0.2, 0.25) is 5.95 Å². The average molecular weight is 490 g/mol. The van der Waals surface area contributed by atoms with Gasteiger partial charge in [0.25, 0.3) is 5.56 Å². The molecule has 5 heterocycles. The molecule has 12 heteroatoms. The number of hydrogen-bond acceptors (Lipinski definition) is 8. The smallest absolute Gasteiger partial charge is 0.376 e. The fraction of sp³-hybridized carbons (Fsp3) is 0.522. The molecule has 0 aliphatic carbocycles. The number of nitrogens with one attached hydrogen (secondary N) is 1. The van der Waals surface area contributed by atoms with Crippen LogP contribution < -0.4 is 15.4 Å². The minimum absolute atomic E-state index is 0.0963. The lowest BCUT2D eigenvalue weighted by atomic mass is 9.96. The number of ketones is 1. The zero-order chi connectivity index (χ0) is 25.1. The summed E-state index contributed by atoms with van der Waals surface area (Å²) in [6, 6.07) is 2.66. The number of hydrogen-bond donors (Lipinski definition) is 1. The normalized spacial score (nSPS) is 27.7. The van der Waals surface area contributed by atoms with Crippen LogP contribution >= 0.6 is 0 Å². The lowest BCUT2D eigenvalue weighted by Crippen LogP contribution is -2.57. The zero-order valence-electron chi connectivity index (χ0n) is 19.2. The summed E-state index contributed by atoms with van der Waals surface area (Å²) in [5.41, 5.74) is -2.23. The van der Waals surface area contributed by atoms with E-state index in [0.29, 0.717) is 25.1 Å². The minimum atomic E-state index is -4.73. The summed E-state index contributed by atoms with van der Waals surface area (Å²) in [6.07, 6.45) is -0.0331. The molecule has 2 aromatic heterocycles. The lowest BCUT2D eigenvalue weighted by molar-refractivity contribution is -0.181. The third kappa shape index (κ3) is 3.79. The average Bonchev–Trinajstić information content (AvgIpc) is 3.29. The van der Waals surface area contributed by atoms with Crippen molar-refractivity contribution in [2.24, 2.45) is 5.92 Å². The van der Waals surface area contributed by atoms with Gasteiger partial charge < -0.3 is 19.9 Å². The molecule has 1 N–H and O–H groups in total. The highest BCUT2D eigenvalue weighted by Crippen LogP contribution is 2.44. The highest BCUT2D eigenvalue weighted by molar-refractivity contribution is 5.99. The number of fused-ring (bicyclic) bond motifs is 3. The van der Waals surface area contributed by atoms with E-state index in [0.717, 1.165) is 16.4 Å². The Kier molecular flexibility index (Phi) is 5.46. The second-order valence-corrected chi connectivity index (χ2v) is 9.61. The summed E-state index contributed by atoms with van der Waals surface area (Å²) < 4.78 is 49.7. The van der Waals surface area contributed by atoms with Gasteiger partial charge in [0, 0.05) is 48.7 Å². The first-order valence-electron chi connectivity index (χ1n) is 11.3. The van der Waals surface area contributed by atoms with E-state index < -0.39 is 36.1 Å². The third-order valence-corrected chi connectivity index (χ3v) is 7.22. The van der Waals surface area contributed by atoms with Crippen LogP contribution in [0.3, 0.4) is 0 Å². The number of alkyl halides is 3. The monoisotopic (exact) mass is 490 g/mol. The van der Waals surface area contributed by atoms with Crippen LogP contribution in [-0.4, -0.2) is 70.1 Å². The van der Waals surface area contributed by atoms with Crippen LogP contribution in [0.4, 0.5) is 24.9 Å². The summed E-state index contributed by atoms with van der Waals surface area (Å²) in [5, 5.41) is 7.70. The van der Waals surface area contributed by atoms with Crippen LogP contribution in [0.2, 0.25) is 0 Å². The van der Waals surface area contributed by atoms with Crippen molar-refractivity contribution in [3.63, 3.8) is 0 Å². The third-order valence-electron chi connectivity index (χ3n) is 7.22. The number of pyridine rings is 1. The van der Waals surface area contributed by atoms with E-state index in [1.807, 2.05) is 4.90 Å². The molecule has 2 unspecified atom stereocenters. The first-order chi connectivity index (χ1) is 16.5. The van der Waals surface area contributed by atoms with Gasteiger partial charge in [0.1, 0.15) is 5.82 Å². The minimum Gasteiger partial charge on any atom is -0.376 e. The molecule has 2 aromatic rings. The molecule has 5 rings (SSSR count). The van der Waals surface area contributed by atoms with Gasteiger partial charge >= 0.3 is 6.18 Å². The van der Waals surface area contributed by atoms with Gasteiger partial charge in [-0.1, -0.05) is 0 Å². The molecule has 0 radical (unpaired) electrons. The number of nitrogens with zero attached hydrogens (tertiary/aromatic N) is 5. The Bertz CT molecular complexity index is 1250. The lowest BCUT2D eigenvalue weighted by Gasteiger charge is -2.36. The van der Waals surface area contributed by atoms with Gasteiger partial charge in [-0.05, 0) is 31.9 Å². The van der Waals surface area contributed by atoms with Gasteiger partial charge in [-0.2, -0.15) is 18.2 Å². The van der Waals surface area contributed by atoms with Gasteiger partial charge in [0.15, 0.2) is 11.3 Å². The number of aromatic nitrogens is 3. The summed E-state index contributed by atoms with van der Waals surface area (Å²) in [7, 11) is 0. The van der Waals surface area contributed by atoms with Crippen molar-refractivity contribution in [1.29, 1.82) is 5.41 Å². The van der Waals surface area contributed by atoms with Crippen LogP contribution in [0, 0.1) is 18.3 Å². The SMILES string of the molecule is Cc1cncc(C(=O)CN2c3nc(N4C[C@@H]5CC4C(C=N)CO5)cc(=O)n3C[C@@]2(C)C(F)(F)F)c1. The van der Waals surface area contributed by atoms with Crippen LogP contribution in [0.5, 0.6) is 0 Å². The molecule has 0 saturated carbocycles. The van der Waals surface area contributed by atoms with E-state index in [4.69, 9.17) is 10.1 Å². The van der Waals surface area contributed by atoms with Crippen molar-refractivity contribution < 1.29 is 22.7 Å². The molecule has 0 aromatic carbocycles. The summed E-state index contributed by atoms with van der Waals surface area (Å²) in [5.74, 6) is -0.736. The Morgan fingerprint density at radius 2 is 2.11 bits per heavy atom. The molecular weight excluding hydrogens is 465 g/mol. The Labute approximate surface area is 199 Å². The van der Waals surface area contributed by atoms with Crippen molar-refractivity contribution in [3.05, 3.63) is 46.0 Å². The predicted molar refractivity (Wildman–Crippen MR) is 121 cm³/mol. The number of halogens is 3. The number of carbonyl (C=O) groups excluding carboxylic acids is 1. The molecule has 2 saturated heterocycles. The van der Waals surface area contributed by atoms with Crippen molar-refractivity contribution in [2.75, 3.05) is 29.5 Å². The molecule has 4 atom stereocenters. The summed E-state index contributed by atoms with van der Waals surface area (Å²) in [6.45, 7) is 2.22. The topological polar surface area (TPSA) is 104 Å². The molecule has 0 spiro atoms. The maximum Gasteiger partial charge on any atom is 0.413 e. The molecule has 9 nitrogen and oxygen atoms in total. The molecule has 3 aliphatic rings. The highest BCUT2D eigenvalue weighted by Gasteiger charge is 2.60. The van der Waals surface area contributed by atoms with E-state index in [9.17, 15) is 22.8 Å². The van der Waals surface area contributed by atoms with Crippen LogP contribution in [-0.2, 0) is 11.3 Å². The molecule has 2 bridgehead atoms.